The molecule has 7 heteroatoms. The van der Waals surface area contributed by atoms with Crippen LogP contribution in [0.25, 0.3) is 11.0 Å². The van der Waals surface area contributed by atoms with Gasteiger partial charge in [0.2, 0.25) is 12.6 Å². The third-order valence-electron chi connectivity index (χ3n) is 5.06. The Labute approximate surface area is 183 Å². The summed E-state index contributed by atoms with van der Waals surface area (Å²) < 4.78 is 22.1. The van der Waals surface area contributed by atoms with Crippen LogP contribution < -0.4 is 19.5 Å². The van der Waals surface area contributed by atoms with Gasteiger partial charge in [0.1, 0.15) is 11.3 Å². The van der Waals surface area contributed by atoms with E-state index in [0.717, 1.165) is 5.56 Å². The molecule has 0 aliphatic carbocycles. The summed E-state index contributed by atoms with van der Waals surface area (Å²) in [6.45, 7) is 1.85. The summed E-state index contributed by atoms with van der Waals surface area (Å²) in [5.74, 6) is 0.909. The van der Waals surface area contributed by atoms with Crippen LogP contribution in [-0.2, 0) is 4.79 Å². The molecule has 32 heavy (non-hydrogen) atoms. The number of benzene rings is 3. The third-order valence-corrected chi connectivity index (χ3v) is 5.06. The quantitative estimate of drug-likeness (QED) is 0.447. The van der Waals surface area contributed by atoms with E-state index in [9.17, 15) is 9.59 Å². The summed E-state index contributed by atoms with van der Waals surface area (Å²) in [6.07, 6.45) is 0. The molecule has 1 aliphatic heterocycles. The van der Waals surface area contributed by atoms with Crippen LogP contribution in [0, 0.1) is 6.92 Å². The second-order valence-electron chi connectivity index (χ2n) is 7.35. The summed E-state index contributed by atoms with van der Waals surface area (Å²) in [4.78, 5) is 25.9. The molecule has 0 unspecified atom stereocenters. The summed E-state index contributed by atoms with van der Waals surface area (Å²) >= 11 is 0. The number of fused-ring (bicyclic) bond motifs is 2. The molecular weight excluding hydrogens is 410 g/mol. The topological polar surface area (TPSA) is 87.0 Å². The summed E-state index contributed by atoms with van der Waals surface area (Å²) in [6, 6.07) is 19.5. The number of nitrogens with one attached hydrogen (secondary N) is 1. The van der Waals surface area contributed by atoms with Gasteiger partial charge in [-0.1, -0.05) is 24.3 Å². The minimum absolute atomic E-state index is 0.0361. The fourth-order valence-electron chi connectivity index (χ4n) is 3.53. The third kappa shape index (κ3) is 3.76. The highest BCUT2D eigenvalue weighted by Gasteiger charge is 2.25. The summed E-state index contributed by atoms with van der Waals surface area (Å²) in [5, 5.41) is 3.41. The van der Waals surface area contributed by atoms with E-state index in [2.05, 4.69) is 5.32 Å². The SMILES string of the molecule is Cc1cccc(OCC(=O)Nc2c(C(=O)c3ccc4c(c3)OCO4)oc3ccccc23)c1. The lowest BCUT2D eigenvalue weighted by Crippen LogP contribution is -2.21. The van der Waals surface area contributed by atoms with Crippen LogP contribution in [0.5, 0.6) is 17.2 Å². The minimum atomic E-state index is -0.405. The van der Waals surface area contributed by atoms with Crippen LogP contribution in [-0.4, -0.2) is 25.1 Å². The van der Waals surface area contributed by atoms with Crippen molar-refractivity contribution in [3.05, 3.63) is 83.6 Å². The molecule has 1 aliphatic rings. The lowest BCUT2D eigenvalue weighted by Gasteiger charge is -2.09. The summed E-state index contributed by atoms with van der Waals surface area (Å²) in [7, 11) is 0. The number of furan rings is 1. The Balaban J connectivity index is 1.42. The zero-order chi connectivity index (χ0) is 22.1. The highest BCUT2D eigenvalue weighted by Crippen LogP contribution is 2.36. The maximum atomic E-state index is 13.3. The molecule has 3 aromatic carbocycles. The Bertz CT molecular complexity index is 1340. The van der Waals surface area contributed by atoms with E-state index < -0.39 is 5.91 Å². The van der Waals surface area contributed by atoms with Gasteiger partial charge in [0.25, 0.3) is 5.91 Å². The molecule has 1 N–H and O–H groups in total. The number of hydrogen-bond acceptors (Lipinski definition) is 6. The number of carbonyl (C=O) groups excluding carboxylic acids is 2. The molecule has 0 saturated carbocycles. The van der Waals surface area contributed by atoms with Crippen molar-refractivity contribution in [3.8, 4) is 17.2 Å². The molecule has 5 rings (SSSR count). The Hall–Kier alpha value is -4.26. The van der Waals surface area contributed by atoms with Gasteiger partial charge in [-0.3, -0.25) is 9.59 Å². The number of carbonyl (C=O) groups is 2. The van der Waals surface area contributed by atoms with Crippen molar-refractivity contribution < 1.29 is 28.2 Å². The van der Waals surface area contributed by atoms with Crippen molar-refractivity contribution in [2.24, 2.45) is 0 Å². The maximum Gasteiger partial charge on any atom is 0.262 e. The van der Waals surface area contributed by atoms with E-state index in [1.54, 1.807) is 42.5 Å². The molecule has 7 nitrogen and oxygen atoms in total. The van der Waals surface area contributed by atoms with Gasteiger partial charge >= 0.3 is 0 Å². The average Bonchev–Trinajstić information content (AvgIpc) is 3.42. The number of hydrogen-bond donors (Lipinski definition) is 1. The molecule has 0 bridgehead atoms. The minimum Gasteiger partial charge on any atom is -0.484 e. The van der Waals surface area contributed by atoms with E-state index in [-0.39, 0.29) is 24.9 Å². The van der Waals surface area contributed by atoms with Gasteiger partial charge in [0.05, 0.1) is 5.69 Å². The molecule has 2 heterocycles. The zero-order valence-electron chi connectivity index (χ0n) is 17.2. The average molecular weight is 429 g/mol. The Kier molecular flexibility index (Phi) is 4.99. The van der Waals surface area contributed by atoms with Crippen molar-refractivity contribution >= 4 is 28.3 Å². The molecule has 0 saturated heterocycles. The molecule has 4 aromatic rings. The highest BCUT2D eigenvalue weighted by molar-refractivity contribution is 6.17. The molecular formula is C25H19NO6. The molecule has 0 atom stereocenters. The van der Waals surface area contributed by atoms with E-state index in [1.165, 1.54) is 0 Å². The van der Waals surface area contributed by atoms with Crippen molar-refractivity contribution in [2.75, 3.05) is 18.7 Å². The van der Waals surface area contributed by atoms with E-state index in [4.69, 9.17) is 18.6 Å². The molecule has 160 valence electrons. The van der Waals surface area contributed by atoms with Gasteiger partial charge < -0.3 is 23.9 Å². The molecule has 1 amide bonds. The van der Waals surface area contributed by atoms with Crippen LogP contribution in [0.1, 0.15) is 21.7 Å². The molecule has 0 radical (unpaired) electrons. The number of para-hydroxylation sites is 1. The van der Waals surface area contributed by atoms with Crippen LogP contribution in [0.2, 0.25) is 0 Å². The number of ketones is 1. The number of amides is 1. The first-order valence-corrected chi connectivity index (χ1v) is 10.0. The number of aryl methyl sites for hydroxylation is 1. The predicted molar refractivity (Wildman–Crippen MR) is 118 cm³/mol. The molecule has 0 fully saturated rings. The van der Waals surface area contributed by atoms with Gasteiger partial charge in [-0.2, -0.15) is 0 Å². The van der Waals surface area contributed by atoms with Gasteiger partial charge in [-0.25, -0.2) is 0 Å². The van der Waals surface area contributed by atoms with E-state index in [1.807, 2.05) is 31.2 Å². The monoisotopic (exact) mass is 429 g/mol. The van der Waals surface area contributed by atoms with Gasteiger partial charge in [0, 0.05) is 10.9 Å². The van der Waals surface area contributed by atoms with Crippen LogP contribution in [0.15, 0.2) is 71.1 Å². The largest absolute Gasteiger partial charge is 0.484 e. The lowest BCUT2D eigenvalue weighted by molar-refractivity contribution is -0.118. The van der Waals surface area contributed by atoms with Crippen molar-refractivity contribution in [2.45, 2.75) is 6.92 Å². The maximum absolute atomic E-state index is 13.3. The predicted octanol–water partition coefficient (Wildman–Crippen LogP) is 4.72. The van der Waals surface area contributed by atoms with Crippen LogP contribution in [0.3, 0.4) is 0 Å². The fraction of sp³-hybridized carbons (Fsp3) is 0.120. The Morgan fingerprint density at radius 3 is 2.69 bits per heavy atom. The van der Waals surface area contributed by atoms with Gasteiger partial charge in [0.15, 0.2) is 23.9 Å². The summed E-state index contributed by atoms with van der Waals surface area (Å²) in [5.41, 5.74) is 2.19. The standard InChI is InChI=1S/C25H19NO6/c1-15-5-4-6-17(11-15)29-13-22(27)26-23-18-7-2-3-8-19(18)32-25(23)24(28)16-9-10-20-21(12-16)31-14-30-20/h2-12H,13-14H2,1H3,(H,26,27). The fourth-order valence-corrected chi connectivity index (χ4v) is 3.53. The van der Waals surface area contributed by atoms with Crippen molar-refractivity contribution in [3.63, 3.8) is 0 Å². The smallest absolute Gasteiger partial charge is 0.262 e. The first-order valence-electron chi connectivity index (χ1n) is 10.0. The molecule has 1 aromatic heterocycles. The number of anilines is 1. The van der Waals surface area contributed by atoms with E-state index in [0.29, 0.717) is 39.5 Å². The molecule has 0 spiro atoms. The first-order chi connectivity index (χ1) is 15.6. The zero-order valence-corrected chi connectivity index (χ0v) is 17.2. The van der Waals surface area contributed by atoms with Crippen LogP contribution in [0.4, 0.5) is 5.69 Å². The first kappa shape index (κ1) is 19.7. The highest BCUT2D eigenvalue weighted by atomic mass is 16.7. The Morgan fingerprint density at radius 2 is 1.81 bits per heavy atom. The normalized spacial score (nSPS) is 12.0. The number of ether oxygens (including phenoxy) is 3. The van der Waals surface area contributed by atoms with Gasteiger partial charge in [-0.05, 0) is 55.0 Å². The Morgan fingerprint density at radius 1 is 0.969 bits per heavy atom. The second kappa shape index (κ2) is 8.11. The van der Waals surface area contributed by atoms with Gasteiger partial charge in [-0.15, -0.1) is 0 Å². The second-order valence-corrected chi connectivity index (χ2v) is 7.35. The van der Waals surface area contributed by atoms with Crippen molar-refractivity contribution in [1.82, 2.24) is 0 Å². The number of rotatable bonds is 6. The lowest BCUT2D eigenvalue weighted by atomic mass is 10.1. The van der Waals surface area contributed by atoms with E-state index >= 15 is 0 Å². The van der Waals surface area contributed by atoms with Crippen molar-refractivity contribution in [1.29, 1.82) is 0 Å². The van der Waals surface area contributed by atoms with Crippen LogP contribution >= 0.6 is 0 Å².